The number of rotatable bonds is 4. The van der Waals surface area contributed by atoms with E-state index < -0.39 is 0 Å². The van der Waals surface area contributed by atoms with Gasteiger partial charge in [-0.15, -0.1) is 0 Å². The molecule has 1 aromatic rings. The van der Waals surface area contributed by atoms with Crippen LogP contribution in [0, 0.1) is 0 Å². The Morgan fingerprint density at radius 2 is 1.95 bits per heavy atom. The van der Waals surface area contributed by atoms with Crippen molar-refractivity contribution < 1.29 is 14.3 Å². The summed E-state index contributed by atoms with van der Waals surface area (Å²) in [4.78, 5) is 12.1. The van der Waals surface area contributed by atoms with Gasteiger partial charge in [-0.05, 0) is 50.8 Å². The molecule has 2 rings (SSSR count). The van der Waals surface area contributed by atoms with Crippen molar-refractivity contribution in [1.29, 1.82) is 0 Å². The number of anilines is 1. The summed E-state index contributed by atoms with van der Waals surface area (Å²) in [5.41, 5.74) is 6.84. The van der Waals surface area contributed by atoms with E-state index in [4.69, 9.17) is 15.2 Å². The first-order chi connectivity index (χ1) is 9.70. The maximum atomic E-state index is 12.1. The lowest BCUT2D eigenvalue weighted by atomic mass is 10.1. The van der Waals surface area contributed by atoms with Gasteiger partial charge in [0, 0.05) is 0 Å². The van der Waals surface area contributed by atoms with Crippen LogP contribution in [0.1, 0.15) is 55.8 Å². The number of hydrogen-bond donors (Lipinski definition) is 1. The molecule has 0 amide bonds. The van der Waals surface area contributed by atoms with Crippen molar-refractivity contribution in [3.8, 4) is 5.75 Å². The van der Waals surface area contributed by atoms with E-state index >= 15 is 0 Å². The minimum atomic E-state index is -0.286. The van der Waals surface area contributed by atoms with E-state index in [1.807, 2.05) is 6.92 Å². The quantitative estimate of drug-likeness (QED) is 0.519. The van der Waals surface area contributed by atoms with Crippen molar-refractivity contribution in [3.05, 3.63) is 23.8 Å². The third-order valence-corrected chi connectivity index (χ3v) is 3.62. The third kappa shape index (κ3) is 3.89. The highest BCUT2D eigenvalue weighted by molar-refractivity contribution is 5.91. The molecule has 0 radical (unpaired) electrons. The molecule has 0 atom stereocenters. The van der Waals surface area contributed by atoms with Gasteiger partial charge in [0.05, 0.1) is 17.9 Å². The lowest BCUT2D eigenvalue weighted by Crippen LogP contribution is -2.17. The summed E-state index contributed by atoms with van der Waals surface area (Å²) in [6.45, 7) is 2.45. The maximum Gasteiger partial charge on any atom is 0.338 e. The Labute approximate surface area is 120 Å². The van der Waals surface area contributed by atoms with Gasteiger partial charge in [0.15, 0.2) is 0 Å². The molecule has 20 heavy (non-hydrogen) atoms. The summed E-state index contributed by atoms with van der Waals surface area (Å²) < 4.78 is 10.9. The first-order valence-electron chi connectivity index (χ1n) is 7.44. The molecule has 0 aliphatic heterocycles. The second-order valence-corrected chi connectivity index (χ2v) is 5.20. The van der Waals surface area contributed by atoms with Crippen molar-refractivity contribution in [2.45, 2.75) is 51.6 Å². The number of nitrogen functional groups attached to an aromatic ring is 1. The molecule has 0 heterocycles. The normalized spacial score (nSPS) is 16.4. The fourth-order valence-electron chi connectivity index (χ4n) is 2.54. The van der Waals surface area contributed by atoms with E-state index in [0.717, 1.165) is 25.7 Å². The number of benzene rings is 1. The number of esters is 1. The van der Waals surface area contributed by atoms with Gasteiger partial charge in [-0.2, -0.15) is 0 Å². The van der Waals surface area contributed by atoms with Crippen LogP contribution >= 0.6 is 0 Å². The number of ether oxygens (including phenoxy) is 2. The Morgan fingerprint density at radius 3 is 2.55 bits per heavy atom. The number of carbonyl (C=O) groups excluding carboxylic acids is 1. The standard InChI is InChI=1S/C16H23NO3/c1-2-19-15-10-9-12(11-14(15)17)16(18)20-13-7-5-3-4-6-8-13/h9-11,13H,2-8,17H2,1H3. The summed E-state index contributed by atoms with van der Waals surface area (Å²) in [7, 11) is 0. The molecule has 1 aliphatic carbocycles. The molecule has 110 valence electrons. The van der Waals surface area contributed by atoms with Crippen molar-refractivity contribution in [1.82, 2.24) is 0 Å². The predicted octanol–water partition coefficient (Wildman–Crippen LogP) is 3.55. The van der Waals surface area contributed by atoms with Crippen LogP contribution in [0.3, 0.4) is 0 Å². The minimum Gasteiger partial charge on any atom is -0.492 e. The zero-order valence-electron chi connectivity index (χ0n) is 12.1. The van der Waals surface area contributed by atoms with Crippen LogP contribution in [0.5, 0.6) is 5.75 Å². The number of nitrogens with two attached hydrogens (primary N) is 1. The molecule has 2 N–H and O–H groups in total. The van der Waals surface area contributed by atoms with E-state index in [1.165, 1.54) is 12.8 Å². The summed E-state index contributed by atoms with van der Waals surface area (Å²) in [5, 5.41) is 0. The first-order valence-corrected chi connectivity index (χ1v) is 7.44. The Morgan fingerprint density at radius 1 is 1.25 bits per heavy atom. The molecule has 0 spiro atoms. The van der Waals surface area contributed by atoms with Crippen LogP contribution in [-0.4, -0.2) is 18.7 Å². The summed E-state index contributed by atoms with van der Waals surface area (Å²) in [5.74, 6) is 0.324. The summed E-state index contributed by atoms with van der Waals surface area (Å²) >= 11 is 0. The average Bonchev–Trinajstić information content (AvgIpc) is 2.70. The Bertz CT molecular complexity index is 451. The Balaban J connectivity index is 1.99. The van der Waals surface area contributed by atoms with Crippen LogP contribution in [0.2, 0.25) is 0 Å². The van der Waals surface area contributed by atoms with Crippen molar-refractivity contribution >= 4 is 11.7 Å². The molecule has 1 aromatic carbocycles. The molecule has 1 fully saturated rings. The highest BCUT2D eigenvalue weighted by atomic mass is 16.5. The molecule has 0 unspecified atom stereocenters. The fraction of sp³-hybridized carbons (Fsp3) is 0.562. The second-order valence-electron chi connectivity index (χ2n) is 5.20. The number of hydrogen-bond acceptors (Lipinski definition) is 4. The second kappa shape index (κ2) is 7.17. The van der Waals surface area contributed by atoms with Gasteiger partial charge in [0.1, 0.15) is 11.9 Å². The molecule has 1 saturated carbocycles. The third-order valence-electron chi connectivity index (χ3n) is 3.62. The van der Waals surface area contributed by atoms with Crippen LogP contribution in [-0.2, 0) is 4.74 Å². The Hall–Kier alpha value is -1.71. The first kappa shape index (κ1) is 14.7. The lowest BCUT2D eigenvalue weighted by molar-refractivity contribution is 0.0267. The number of carbonyl (C=O) groups is 1. The largest absolute Gasteiger partial charge is 0.492 e. The zero-order chi connectivity index (χ0) is 14.4. The highest BCUT2D eigenvalue weighted by Crippen LogP contribution is 2.25. The Kier molecular flexibility index (Phi) is 5.27. The molecule has 4 heteroatoms. The minimum absolute atomic E-state index is 0.0535. The van der Waals surface area contributed by atoms with E-state index in [2.05, 4.69) is 0 Å². The maximum absolute atomic E-state index is 12.1. The van der Waals surface area contributed by atoms with Crippen LogP contribution in [0.25, 0.3) is 0 Å². The van der Waals surface area contributed by atoms with Gasteiger partial charge in [-0.25, -0.2) is 4.79 Å². The molecular weight excluding hydrogens is 254 g/mol. The van der Waals surface area contributed by atoms with E-state index in [0.29, 0.717) is 23.6 Å². The summed E-state index contributed by atoms with van der Waals surface area (Å²) in [6, 6.07) is 5.06. The van der Waals surface area contributed by atoms with E-state index in [9.17, 15) is 4.79 Å². The van der Waals surface area contributed by atoms with Crippen LogP contribution in [0.15, 0.2) is 18.2 Å². The van der Waals surface area contributed by atoms with Crippen molar-refractivity contribution in [3.63, 3.8) is 0 Å². The van der Waals surface area contributed by atoms with Gasteiger partial charge in [-0.1, -0.05) is 12.8 Å². The fourth-order valence-corrected chi connectivity index (χ4v) is 2.54. The van der Waals surface area contributed by atoms with E-state index in [1.54, 1.807) is 18.2 Å². The molecule has 4 nitrogen and oxygen atoms in total. The van der Waals surface area contributed by atoms with Gasteiger partial charge in [0.25, 0.3) is 0 Å². The highest BCUT2D eigenvalue weighted by Gasteiger charge is 2.18. The molecular formula is C16H23NO3. The smallest absolute Gasteiger partial charge is 0.338 e. The van der Waals surface area contributed by atoms with Crippen LogP contribution < -0.4 is 10.5 Å². The van der Waals surface area contributed by atoms with Gasteiger partial charge < -0.3 is 15.2 Å². The predicted molar refractivity (Wildman–Crippen MR) is 78.9 cm³/mol. The summed E-state index contributed by atoms with van der Waals surface area (Å²) in [6.07, 6.45) is 6.76. The van der Waals surface area contributed by atoms with Gasteiger partial charge >= 0.3 is 5.97 Å². The SMILES string of the molecule is CCOc1ccc(C(=O)OC2CCCCCC2)cc1N. The zero-order valence-corrected chi connectivity index (χ0v) is 12.1. The van der Waals surface area contributed by atoms with Crippen molar-refractivity contribution in [2.24, 2.45) is 0 Å². The van der Waals surface area contributed by atoms with Gasteiger partial charge in [-0.3, -0.25) is 0 Å². The topological polar surface area (TPSA) is 61.5 Å². The lowest BCUT2D eigenvalue weighted by Gasteiger charge is -2.16. The average molecular weight is 277 g/mol. The molecule has 0 bridgehead atoms. The van der Waals surface area contributed by atoms with Gasteiger partial charge in [0.2, 0.25) is 0 Å². The molecule has 0 aromatic heterocycles. The van der Waals surface area contributed by atoms with Crippen LogP contribution in [0.4, 0.5) is 5.69 Å². The molecule has 0 saturated heterocycles. The van der Waals surface area contributed by atoms with E-state index in [-0.39, 0.29) is 12.1 Å². The monoisotopic (exact) mass is 277 g/mol. The molecule has 1 aliphatic rings. The van der Waals surface area contributed by atoms with Crippen molar-refractivity contribution in [2.75, 3.05) is 12.3 Å².